The number of aryl methyl sites for hydroxylation is 1. The first-order valence-electron chi connectivity index (χ1n) is 11.6. The molecule has 0 spiro atoms. The molecule has 0 heterocycles. The number of hydrogen-bond donors (Lipinski definition) is 0. The second kappa shape index (κ2) is 11.5. The highest BCUT2D eigenvalue weighted by Gasteiger charge is 2.30. The van der Waals surface area contributed by atoms with Crippen LogP contribution < -0.4 is 9.47 Å². The number of methoxy groups -OCH3 is 2. The summed E-state index contributed by atoms with van der Waals surface area (Å²) in [6.45, 7) is 7.61. The summed E-state index contributed by atoms with van der Waals surface area (Å²) < 4.78 is 24.0. The number of rotatable bonds is 10. The van der Waals surface area contributed by atoms with Crippen LogP contribution in [-0.2, 0) is 22.7 Å². The second-order valence-electron chi connectivity index (χ2n) is 8.75. The van der Waals surface area contributed by atoms with Crippen molar-refractivity contribution >= 4 is 0 Å². The fraction of sp³-hybridized carbons (Fsp3) is 0.556. The van der Waals surface area contributed by atoms with Crippen LogP contribution in [0.5, 0.6) is 11.5 Å². The van der Waals surface area contributed by atoms with Gasteiger partial charge in [-0.3, -0.25) is 0 Å². The number of benzene rings is 2. The van der Waals surface area contributed by atoms with Crippen molar-refractivity contribution in [1.82, 2.24) is 0 Å². The zero-order valence-electron chi connectivity index (χ0n) is 19.8. The van der Waals surface area contributed by atoms with Crippen LogP contribution in [0.4, 0.5) is 0 Å². The average Bonchev–Trinajstić information content (AvgIpc) is 2.77. The Morgan fingerprint density at radius 3 is 1.94 bits per heavy atom. The highest BCUT2D eigenvalue weighted by Crippen LogP contribution is 2.33. The van der Waals surface area contributed by atoms with Crippen molar-refractivity contribution in [2.75, 3.05) is 14.2 Å². The van der Waals surface area contributed by atoms with Gasteiger partial charge in [0, 0.05) is 25.3 Å². The molecule has 0 radical (unpaired) electrons. The molecule has 0 saturated heterocycles. The third-order valence-corrected chi connectivity index (χ3v) is 6.25. The van der Waals surface area contributed by atoms with Crippen LogP contribution in [0.25, 0.3) is 0 Å². The van der Waals surface area contributed by atoms with Gasteiger partial charge in [0.2, 0.25) is 0 Å². The van der Waals surface area contributed by atoms with Crippen LogP contribution >= 0.6 is 0 Å². The lowest BCUT2D eigenvalue weighted by Crippen LogP contribution is -2.39. The van der Waals surface area contributed by atoms with E-state index in [9.17, 15) is 0 Å². The van der Waals surface area contributed by atoms with Gasteiger partial charge in [-0.25, -0.2) is 0 Å². The van der Waals surface area contributed by atoms with E-state index in [2.05, 4.69) is 57.2 Å². The van der Waals surface area contributed by atoms with Gasteiger partial charge in [-0.15, -0.1) is 0 Å². The molecule has 1 aliphatic rings. The molecule has 4 heteroatoms. The van der Waals surface area contributed by atoms with E-state index in [1.165, 1.54) is 17.5 Å². The van der Waals surface area contributed by atoms with E-state index >= 15 is 0 Å². The quantitative estimate of drug-likeness (QED) is 0.430. The van der Waals surface area contributed by atoms with Crippen LogP contribution in [0.1, 0.15) is 74.1 Å². The Morgan fingerprint density at radius 2 is 1.42 bits per heavy atom. The van der Waals surface area contributed by atoms with E-state index in [0.717, 1.165) is 48.3 Å². The summed E-state index contributed by atoms with van der Waals surface area (Å²) in [5, 5.41) is 0. The average molecular weight is 427 g/mol. The molecule has 1 fully saturated rings. The fourth-order valence-electron chi connectivity index (χ4n) is 4.37. The standard InChI is InChI=1S/C27H38O4/c1-6-20(3)21-11-13-24(14-12-21)30-25-9-7-8-10-26(25)31-27-22(17-28-4)15-19(2)16-23(27)18-29-5/h11-16,20,25-26H,6-10,17-18H2,1-5H3. The summed E-state index contributed by atoms with van der Waals surface area (Å²) in [5.41, 5.74) is 4.68. The van der Waals surface area contributed by atoms with Gasteiger partial charge in [0.1, 0.15) is 23.7 Å². The molecular formula is C27H38O4. The van der Waals surface area contributed by atoms with E-state index in [1.54, 1.807) is 14.2 Å². The second-order valence-corrected chi connectivity index (χ2v) is 8.75. The monoisotopic (exact) mass is 426 g/mol. The maximum atomic E-state index is 6.66. The number of ether oxygens (including phenoxy) is 4. The van der Waals surface area contributed by atoms with Crippen LogP contribution in [0.3, 0.4) is 0 Å². The summed E-state index contributed by atoms with van der Waals surface area (Å²) in [6.07, 6.45) is 5.50. The molecule has 1 aliphatic carbocycles. The first-order chi connectivity index (χ1) is 15.0. The maximum Gasteiger partial charge on any atom is 0.135 e. The lowest BCUT2D eigenvalue weighted by Gasteiger charge is -2.33. The molecule has 0 N–H and O–H groups in total. The summed E-state index contributed by atoms with van der Waals surface area (Å²) in [6, 6.07) is 12.9. The SMILES string of the molecule is CCC(C)c1ccc(OC2CCCCC2Oc2c(COC)cc(C)cc2COC)cc1. The Morgan fingerprint density at radius 1 is 0.871 bits per heavy atom. The Balaban J connectivity index is 1.79. The van der Waals surface area contributed by atoms with E-state index in [-0.39, 0.29) is 12.2 Å². The van der Waals surface area contributed by atoms with Gasteiger partial charge in [0.25, 0.3) is 0 Å². The van der Waals surface area contributed by atoms with Crippen LogP contribution in [0.2, 0.25) is 0 Å². The smallest absolute Gasteiger partial charge is 0.135 e. The van der Waals surface area contributed by atoms with Crippen molar-refractivity contribution in [2.45, 2.75) is 84.2 Å². The van der Waals surface area contributed by atoms with Gasteiger partial charge in [-0.1, -0.05) is 43.7 Å². The Bertz CT molecular complexity index is 787. The van der Waals surface area contributed by atoms with Gasteiger partial charge in [0.05, 0.1) is 13.2 Å². The largest absolute Gasteiger partial charge is 0.487 e. The van der Waals surface area contributed by atoms with Crippen molar-refractivity contribution in [3.05, 3.63) is 58.7 Å². The molecule has 31 heavy (non-hydrogen) atoms. The predicted octanol–water partition coefficient (Wildman–Crippen LogP) is 6.57. The van der Waals surface area contributed by atoms with Gasteiger partial charge in [-0.05, 0) is 62.6 Å². The molecule has 0 aliphatic heterocycles. The lowest BCUT2D eigenvalue weighted by molar-refractivity contribution is 0.0200. The first-order valence-corrected chi connectivity index (χ1v) is 11.6. The minimum Gasteiger partial charge on any atom is -0.487 e. The van der Waals surface area contributed by atoms with Crippen LogP contribution in [-0.4, -0.2) is 26.4 Å². The van der Waals surface area contributed by atoms with E-state index in [0.29, 0.717) is 19.1 Å². The van der Waals surface area contributed by atoms with Gasteiger partial charge in [-0.2, -0.15) is 0 Å². The van der Waals surface area contributed by atoms with Crippen molar-refractivity contribution in [2.24, 2.45) is 0 Å². The molecule has 0 aromatic heterocycles. The Hall–Kier alpha value is -2.04. The van der Waals surface area contributed by atoms with Gasteiger partial charge >= 0.3 is 0 Å². The molecule has 2 aromatic carbocycles. The van der Waals surface area contributed by atoms with Crippen molar-refractivity contribution in [3.63, 3.8) is 0 Å². The molecule has 3 rings (SSSR count). The molecule has 0 amide bonds. The van der Waals surface area contributed by atoms with Crippen molar-refractivity contribution in [1.29, 1.82) is 0 Å². The van der Waals surface area contributed by atoms with Crippen molar-refractivity contribution in [3.8, 4) is 11.5 Å². The zero-order chi connectivity index (χ0) is 22.2. The molecule has 2 aromatic rings. The molecule has 170 valence electrons. The fourth-order valence-corrected chi connectivity index (χ4v) is 4.37. The topological polar surface area (TPSA) is 36.9 Å². The molecule has 1 saturated carbocycles. The lowest BCUT2D eigenvalue weighted by atomic mass is 9.94. The first kappa shape index (κ1) is 23.6. The molecular weight excluding hydrogens is 388 g/mol. The molecule has 3 atom stereocenters. The summed E-state index contributed by atoms with van der Waals surface area (Å²) in [4.78, 5) is 0. The summed E-state index contributed by atoms with van der Waals surface area (Å²) in [7, 11) is 3.44. The van der Waals surface area contributed by atoms with Crippen LogP contribution in [0.15, 0.2) is 36.4 Å². The van der Waals surface area contributed by atoms with Crippen LogP contribution in [0, 0.1) is 6.92 Å². The molecule has 0 bridgehead atoms. The third-order valence-electron chi connectivity index (χ3n) is 6.25. The summed E-state index contributed by atoms with van der Waals surface area (Å²) >= 11 is 0. The summed E-state index contributed by atoms with van der Waals surface area (Å²) in [5.74, 6) is 2.38. The molecule has 4 nitrogen and oxygen atoms in total. The Kier molecular flexibility index (Phi) is 8.79. The van der Waals surface area contributed by atoms with E-state index in [4.69, 9.17) is 18.9 Å². The van der Waals surface area contributed by atoms with Crippen molar-refractivity contribution < 1.29 is 18.9 Å². The highest BCUT2D eigenvalue weighted by molar-refractivity contribution is 5.44. The molecule has 3 unspecified atom stereocenters. The predicted molar refractivity (Wildman–Crippen MR) is 125 cm³/mol. The maximum absolute atomic E-state index is 6.66. The van der Waals surface area contributed by atoms with E-state index < -0.39 is 0 Å². The number of hydrogen-bond acceptors (Lipinski definition) is 4. The Labute approximate surface area is 187 Å². The van der Waals surface area contributed by atoms with Gasteiger partial charge < -0.3 is 18.9 Å². The third kappa shape index (κ3) is 6.24. The van der Waals surface area contributed by atoms with Gasteiger partial charge in [0.15, 0.2) is 0 Å². The minimum absolute atomic E-state index is 0.0110. The highest BCUT2D eigenvalue weighted by atomic mass is 16.5. The van der Waals surface area contributed by atoms with E-state index in [1.807, 2.05) is 0 Å². The zero-order valence-corrected chi connectivity index (χ0v) is 19.8. The normalized spacial score (nSPS) is 19.8. The minimum atomic E-state index is 0.0110.